The fraction of sp³-hybridized carbons (Fsp3) is 0.333. The first kappa shape index (κ1) is 18.8. The van der Waals surface area contributed by atoms with Gasteiger partial charge in [0.25, 0.3) is 5.91 Å². The van der Waals surface area contributed by atoms with Gasteiger partial charge in [0, 0.05) is 11.7 Å². The molecule has 1 aromatic rings. The highest BCUT2D eigenvalue weighted by molar-refractivity contribution is 6.16. The van der Waals surface area contributed by atoms with Gasteiger partial charge < -0.3 is 9.64 Å². The number of benzene rings is 1. The topological polar surface area (TPSA) is 46.6 Å². The molecule has 1 heterocycles. The third-order valence-corrected chi connectivity index (χ3v) is 3.91. The number of amides is 1. The third kappa shape index (κ3) is 3.45. The SMILES string of the molecule is COC(=O)C1=C(C)N(C(C)C)C(=O)C1=Cc1ccccc1C(F)(F)F. The molecule has 1 aliphatic rings. The van der Waals surface area contributed by atoms with Crippen molar-refractivity contribution in [1.82, 2.24) is 4.90 Å². The van der Waals surface area contributed by atoms with Gasteiger partial charge in [0.2, 0.25) is 0 Å². The van der Waals surface area contributed by atoms with E-state index in [1.807, 2.05) is 0 Å². The normalized spacial score (nSPS) is 17.0. The molecule has 0 N–H and O–H groups in total. The van der Waals surface area contributed by atoms with Crippen LogP contribution in [-0.2, 0) is 20.5 Å². The molecule has 0 spiro atoms. The number of esters is 1. The van der Waals surface area contributed by atoms with Gasteiger partial charge in [-0.25, -0.2) is 4.79 Å². The molecule has 1 aromatic carbocycles. The highest BCUT2D eigenvalue weighted by Gasteiger charge is 2.39. The first-order valence-corrected chi connectivity index (χ1v) is 7.60. The van der Waals surface area contributed by atoms with Gasteiger partial charge in [-0.05, 0) is 38.5 Å². The van der Waals surface area contributed by atoms with Crippen molar-refractivity contribution in [2.24, 2.45) is 0 Å². The molecule has 7 heteroatoms. The largest absolute Gasteiger partial charge is 0.465 e. The van der Waals surface area contributed by atoms with Gasteiger partial charge in [-0.1, -0.05) is 18.2 Å². The van der Waals surface area contributed by atoms with Crippen LogP contribution in [0.15, 0.2) is 41.1 Å². The molecular weight excluding hydrogens is 335 g/mol. The fourth-order valence-corrected chi connectivity index (χ4v) is 2.86. The molecule has 4 nitrogen and oxygen atoms in total. The smallest absolute Gasteiger partial charge is 0.416 e. The summed E-state index contributed by atoms with van der Waals surface area (Å²) in [7, 11) is 1.16. The molecule has 2 rings (SSSR count). The minimum Gasteiger partial charge on any atom is -0.465 e. The molecule has 1 aliphatic heterocycles. The Balaban J connectivity index is 2.67. The monoisotopic (exact) mass is 353 g/mol. The number of carbonyl (C=O) groups excluding carboxylic acids is 2. The molecule has 0 unspecified atom stereocenters. The van der Waals surface area contributed by atoms with Crippen molar-refractivity contribution in [2.45, 2.75) is 33.0 Å². The number of nitrogens with zero attached hydrogens (tertiary/aromatic N) is 1. The predicted molar refractivity (Wildman–Crippen MR) is 86.1 cm³/mol. The highest BCUT2D eigenvalue weighted by Crippen LogP contribution is 2.36. The van der Waals surface area contributed by atoms with Crippen LogP contribution < -0.4 is 0 Å². The quantitative estimate of drug-likeness (QED) is 0.614. The van der Waals surface area contributed by atoms with Gasteiger partial charge in [0.05, 0.1) is 23.8 Å². The first-order chi connectivity index (χ1) is 11.6. The van der Waals surface area contributed by atoms with E-state index in [1.165, 1.54) is 23.1 Å². The highest BCUT2D eigenvalue weighted by atomic mass is 19.4. The maximum absolute atomic E-state index is 13.2. The zero-order valence-electron chi connectivity index (χ0n) is 14.3. The van der Waals surface area contributed by atoms with Crippen LogP contribution in [0.2, 0.25) is 0 Å². The van der Waals surface area contributed by atoms with Crippen LogP contribution in [0.4, 0.5) is 13.2 Å². The summed E-state index contributed by atoms with van der Waals surface area (Å²) in [5.41, 5.74) is -0.811. The van der Waals surface area contributed by atoms with E-state index in [1.54, 1.807) is 20.8 Å². The number of ether oxygens (including phenoxy) is 1. The van der Waals surface area contributed by atoms with Crippen LogP contribution in [0, 0.1) is 0 Å². The summed E-state index contributed by atoms with van der Waals surface area (Å²) < 4.78 is 44.3. The lowest BCUT2D eigenvalue weighted by Gasteiger charge is -2.22. The summed E-state index contributed by atoms with van der Waals surface area (Å²) in [6, 6.07) is 4.64. The fourth-order valence-electron chi connectivity index (χ4n) is 2.86. The number of alkyl halides is 3. The second-order valence-electron chi connectivity index (χ2n) is 5.86. The Bertz CT molecular complexity index is 776. The summed E-state index contributed by atoms with van der Waals surface area (Å²) in [5.74, 6) is -1.28. The van der Waals surface area contributed by atoms with Crippen molar-refractivity contribution in [3.63, 3.8) is 0 Å². The molecule has 0 aromatic heterocycles. The molecular formula is C18H18F3NO3. The van der Waals surface area contributed by atoms with E-state index in [0.29, 0.717) is 5.70 Å². The van der Waals surface area contributed by atoms with Crippen molar-refractivity contribution >= 4 is 18.0 Å². The average molecular weight is 353 g/mol. The minimum atomic E-state index is -4.57. The molecule has 0 aliphatic carbocycles. The summed E-state index contributed by atoms with van der Waals surface area (Å²) in [6.07, 6.45) is -3.47. The van der Waals surface area contributed by atoms with Crippen molar-refractivity contribution in [3.8, 4) is 0 Å². The molecule has 1 amide bonds. The molecule has 0 saturated heterocycles. The molecule has 0 bridgehead atoms. The van der Waals surface area contributed by atoms with Gasteiger partial charge in [-0.2, -0.15) is 13.2 Å². The summed E-state index contributed by atoms with van der Waals surface area (Å²) in [5, 5.41) is 0. The number of allylic oxidation sites excluding steroid dienone is 1. The predicted octanol–water partition coefficient (Wildman–Crippen LogP) is 3.79. The Labute approximate surface area is 143 Å². The average Bonchev–Trinajstić information content (AvgIpc) is 2.77. The number of methoxy groups -OCH3 is 1. The zero-order chi connectivity index (χ0) is 18.9. The van der Waals surface area contributed by atoms with Crippen molar-refractivity contribution in [3.05, 3.63) is 52.2 Å². The summed E-state index contributed by atoms with van der Waals surface area (Å²) in [6.45, 7) is 5.08. The Morgan fingerprint density at radius 2 is 1.84 bits per heavy atom. The molecule has 134 valence electrons. The van der Waals surface area contributed by atoms with Gasteiger partial charge in [-0.15, -0.1) is 0 Å². The lowest BCUT2D eigenvalue weighted by atomic mass is 10.00. The second kappa shape index (κ2) is 6.74. The minimum absolute atomic E-state index is 0.0156. The molecule has 0 atom stereocenters. The van der Waals surface area contributed by atoms with Gasteiger partial charge in [0.1, 0.15) is 0 Å². The van der Waals surface area contributed by atoms with Crippen LogP contribution in [0.1, 0.15) is 31.9 Å². The van der Waals surface area contributed by atoms with E-state index in [2.05, 4.69) is 0 Å². The Morgan fingerprint density at radius 1 is 1.24 bits per heavy atom. The Morgan fingerprint density at radius 3 is 2.36 bits per heavy atom. The summed E-state index contributed by atoms with van der Waals surface area (Å²) in [4.78, 5) is 26.1. The molecule has 0 radical (unpaired) electrons. The zero-order valence-corrected chi connectivity index (χ0v) is 14.3. The van der Waals surface area contributed by atoms with Crippen molar-refractivity contribution in [1.29, 1.82) is 0 Å². The maximum Gasteiger partial charge on any atom is 0.416 e. The Hall–Kier alpha value is -2.57. The van der Waals surface area contributed by atoms with Crippen LogP contribution in [-0.4, -0.2) is 29.9 Å². The Kier molecular flexibility index (Phi) is 5.06. The van der Waals surface area contributed by atoms with E-state index in [9.17, 15) is 22.8 Å². The van der Waals surface area contributed by atoms with E-state index in [0.717, 1.165) is 19.3 Å². The molecule has 0 saturated carbocycles. The third-order valence-electron chi connectivity index (χ3n) is 3.91. The van der Waals surface area contributed by atoms with E-state index in [-0.39, 0.29) is 22.8 Å². The second-order valence-corrected chi connectivity index (χ2v) is 5.86. The van der Waals surface area contributed by atoms with Crippen LogP contribution in [0.5, 0.6) is 0 Å². The maximum atomic E-state index is 13.2. The number of hydrogen-bond donors (Lipinski definition) is 0. The van der Waals surface area contributed by atoms with E-state index >= 15 is 0 Å². The standard InChI is InChI=1S/C18H18F3NO3/c1-10(2)22-11(3)15(17(24)25-4)13(16(22)23)9-12-7-5-6-8-14(12)18(19,20)21/h5-10H,1-4H3. The number of halogens is 3. The van der Waals surface area contributed by atoms with Crippen molar-refractivity contribution in [2.75, 3.05) is 7.11 Å². The lowest BCUT2D eigenvalue weighted by Crippen LogP contribution is -2.31. The van der Waals surface area contributed by atoms with Crippen LogP contribution in [0.3, 0.4) is 0 Å². The number of hydrogen-bond acceptors (Lipinski definition) is 3. The van der Waals surface area contributed by atoms with Crippen molar-refractivity contribution < 1.29 is 27.5 Å². The van der Waals surface area contributed by atoms with Gasteiger partial charge in [0.15, 0.2) is 0 Å². The molecule has 25 heavy (non-hydrogen) atoms. The van der Waals surface area contributed by atoms with Crippen LogP contribution >= 0.6 is 0 Å². The van der Waals surface area contributed by atoms with Crippen LogP contribution in [0.25, 0.3) is 6.08 Å². The molecule has 0 fully saturated rings. The first-order valence-electron chi connectivity index (χ1n) is 7.60. The van der Waals surface area contributed by atoms with E-state index in [4.69, 9.17) is 4.74 Å². The lowest BCUT2D eigenvalue weighted by molar-refractivity contribution is -0.138. The summed E-state index contributed by atoms with van der Waals surface area (Å²) >= 11 is 0. The number of rotatable bonds is 3. The van der Waals surface area contributed by atoms with Gasteiger partial charge in [-0.3, -0.25) is 4.79 Å². The number of carbonyl (C=O) groups is 2. The van der Waals surface area contributed by atoms with Gasteiger partial charge >= 0.3 is 12.1 Å². The van der Waals surface area contributed by atoms with E-state index < -0.39 is 23.6 Å².